The van der Waals surface area contributed by atoms with E-state index in [1.54, 1.807) is 12.4 Å². The van der Waals surface area contributed by atoms with E-state index >= 15 is 0 Å². The van der Waals surface area contributed by atoms with E-state index in [4.69, 9.17) is 4.84 Å². The highest BCUT2D eigenvalue weighted by Gasteiger charge is 2.12. The molecular formula is C8H12N2O2. The Morgan fingerprint density at radius 2 is 2.50 bits per heavy atom. The highest BCUT2D eigenvalue weighted by molar-refractivity contribution is 5.72. The number of rotatable bonds is 3. The van der Waals surface area contributed by atoms with E-state index in [9.17, 15) is 4.79 Å². The van der Waals surface area contributed by atoms with Crippen LogP contribution in [0.1, 0.15) is 20.3 Å². The number of carbonyl (C=O) groups excluding carboxylic acids is 1. The Balaban J connectivity index is 2.47. The van der Waals surface area contributed by atoms with Gasteiger partial charge in [-0.05, 0) is 6.42 Å². The van der Waals surface area contributed by atoms with Gasteiger partial charge in [-0.25, -0.2) is 9.78 Å². The molecule has 0 aliphatic heterocycles. The summed E-state index contributed by atoms with van der Waals surface area (Å²) >= 11 is 0. The zero-order chi connectivity index (χ0) is 8.97. The molecule has 0 saturated heterocycles. The average molecular weight is 168 g/mol. The van der Waals surface area contributed by atoms with E-state index in [2.05, 4.69) is 4.98 Å². The van der Waals surface area contributed by atoms with Crippen LogP contribution >= 0.6 is 0 Å². The van der Waals surface area contributed by atoms with Crippen LogP contribution in [0, 0.1) is 5.92 Å². The highest BCUT2D eigenvalue weighted by atomic mass is 16.7. The normalized spacial score (nSPS) is 12.5. The fraction of sp³-hybridized carbons (Fsp3) is 0.500. The molecule has 0 fully saturated rings. The summed E-state index contributed by atoms with van der Waals surface area (Å²) in [5, 5.41) is 0. The van der Waals surface area contributed by atoms with Gasteiger partial charge in [0.25, 0.3) is 0 Å². The Labute approximate surface area is 71.1 Å². The third-order valence-corrected chi connectivity index (χ3v) is 1.69. The third kappa shape index (κ3) is 2.08. The molecule has 1 heterocycles. The van der Waals surface area contributed by atoms with Gasteiger partial charge >= 0.3 is 5.97 Å². The summed E-state index contributed by atoms with van der Waals surface area (Å²) in [7, 11) is 0. The van der Waals surface area contributed by atoms with Crippen molar-refractivity contribution in [2.24, 2.45) is 5.92 Å². The van der Waals surface area contributed by atoms with Crippen LogP contribution < -0.4 is 4.84 Å². The lowest BCUT2D eigenvalue weighted by Crippen LogP contribution is -2.24. The first-order chi connectivity index (χ1) is 5.74. The van der Waals surface area contributed by atoms with Crippen molar-refractivity contribution < 1.29 is 9.63 Å². The average Bonchev–Trinajstić information content (AvgIpc) is 2.55. The molecule has 0 aliphatic rings. The van der Waals surface area contributed by atoms with Gasteiger partial charge in [0.1, 0.15) is 6.33 Å². The first kappa shape index (κ1) is 8.77. The molecule has 0 radical (unpaired) electrons. The molecule has 1 aromatic rings. The zero-order valence-corrected chi connectivity index (χ0v) is 7.23. The second kappa shape index (κ2) is 3.90. The van der Waals surface area contributed by atoms with E-state index in [-0.39, 0.29) is 11.9 Å². The molecule has 0 aliphatic carbocycles. The Morgan fingerprint density at radius 3 is 3.00 bits per heavy atom. The molecule has 0 aromatic carbocycles. The van der Waals surface area contributed by atoms with Crippen LogP contribution in [0.5, 0.6) is 0 Å². The molecule has 4 nitrogen and oxygen atoms in total. The van der Waals surface area contributed by atoms with Crippen LogP contribution in [-0.2, 0) is 4.79 Å². The molecule has 4 heteroatoms. The van der Waals surface area contributed by atoms with Crippen molar-refractivity contribution in [3.05, 3.63) is 18.7 Å². The number of nitrogens with zero attached hydrogens (tertiary/aromatic N) is 2. The molecule has 0 bridgehead atoms. The summed E-state index contributed by atoms with van der Waals surface area (Å²) in [5.41, 5.74) is 0. The van der Waals surface area contributed by atoms with Gasteiger partial charge in [-0.1, -0.05) is 13.8 Å². The van der Waals surface area contributed by atoms with Crippen molar-refractivity contribution in [2.45, 2.75) is 20.3 Å². The molecule has 0 spiro atoms. The van der Waals surface area contributed by atoms with Gasteiger partial charge in [-0.2, -0.15) is 4.73 Å². The minimum absolute atomic E-state index is 0.0626. The molecule has 0 saturated carbocycles. The molecule has 1 unspecified atom stereocenters. The first-order valence-electron chi connectivity index (χ1n) is 3.94. The molecule has 1 atom stereocenters. The monoisotopic (exact) mass is 168 g/mol. The quantitative estimate of drug-likeness (QED) is 0.673. The van der Waals surface area contributed by atoms with Crippen LogP contribution in [0.25, 0.3) is 0 Å². The van der Waals surface area contributed by atoms with Crippen LogP contribution in [0.15, 0.2) is 18.7 Å². The predicted molar refractivity (Wildman–Crippen MR) is 43.3 cm³/mol. The molecule has 1 rings (SSSR count). The summed E-state index contributed by atoms with van der Waals surface area (Å²) in [6.45, 7) is 3.78. The lowest BCUT2D eigenvalue weighted by molar-refractivity contribution is -0.148. The summed E-state index contributed by atoms with van der Waals surface area (Å²) in [4.78, 5) is 19.8. The standard InChI is InChI=1S/C8H12N2O2/c1-3-7(2)8(11)12-10-5-4-9-6-10/h4-7H,3H2,1-2H3. The molecule has 1 aromatic heterocycles. The van der Waals surface area contributed by atoms with E-state index in [0.717, 1.165) is 6.42 Å². The van der Waals surface area contributed by atoms with Gasteiger partial charge in [0.05, 0.1) is 12.1 Å². The summed E-state index contributed by atoms with van der Waals surface area (Å²) in [6, 6.07) is 0. The van der Waals surface area contributed by atoms with Crippen molar-refractivity contribution >= 4 is 5.97 Å². The second-order valence-corrected chi connectivity index (χ2v) is 2.64. The Bertz CT molecular complexity index is 244. The molecule has 66 valence electrons. The van der Waals surface area contributed by atoms with E-state index < -0.39 is 0 Å². The van der Waals surface area contributed by atoms with E-state index in [1.165, 1.54) is 11.1 Å². The van der Waals surface area contributed by atoms with Crippen molar-refractivity contribution in [1.29, 1.82) is 0 Å². The molecule has 12 heavy (non-hydrogen) atoms. The van der Waals surface area contributed by atoms with Gasteiger partial charge < -0.3 is 4.84 Å². The van der Waals surface area contributed by atoms with Crippen molar-refractivity contribution in [3.63, 3.8) is 0 Å². The number of hydrogen-bond acceptors (Lipinski definition) is 3. The van der Waals surface area contributed by atoms with E-state index in [0.29, 0.717) is 0 Å². The van der Waals surface area contributed by atoms with Crippen LogP contribution in [0.3, 0.4) is 0 Å². The Morgan fingerprint density at radius 1 is 1.75 bits per heavy atom. The van der Waals surface area contributed by atoms with Crippen molar-refractivity contribution in [1.82, 2.24) is 9.71 Å². The number of carbonyl (C=O) groups is 1. The van der Waals surface area contributed by atoms with Gasteiger partial charge in [0.2, 0.25) is 0 Å². The maximum atomic E-state index is 11.2. The lowest BCUT2D eigenvalue weighted by Gasteiger charge is -2.07. The maximum Gasteiger partial charge on any atom is 0.335 e. The van der Waals surface area contributed by atoms with Gasteiger partial charge in [-0.15, -0.1) is 0 Å². The number of imidazole rings is 1. The first-order valence-corrected chi connectivity index (χ1v) is 3.94. The summed E-state index contributed by atoms with van der Waals surface area (Å²) < 4.78 is 1.30. The molecular weight excluding hydrogens is 156 g/mol. The SMILES string of the molecule is CCC(C)C(=O)On1ccnc1. The minimum atomic E-state index is -0.226. The van der Waals surface area contributed by atoms with E-state index in [1.807, 2.05) is 13.8 Å². The summed E-state index contributed by atoms with van der Waals surface area (Å²) in [5.74, 6) is -0.289. The van der Waals surface area contributed by atoms with Gasteiger partial charge in [0, 0.05) is 6.20 Å². The topological polar surface area (TPSA) is 44.1 Å². The Hall–Kier alpha value is -1.32. The fourth-order valence-electron chi connectivity index (χ4n) is 0.661. The predicted octanol–water partition coefficient (Wildman–Crippen LogP) is 0.884. The number of aromatic nitrogens is 2. The highest BCUT2D eigenvalue weighted by Crippen LogP contribution is 2.00. The second-order valence-electron chi connectivity index (χ2n) is 2.64. The van der Waals surface area contributed by atoms with Crippen LogP contribution in [0.4, 0.5) is 0 Å². The van der Waals surface area contributed by atoms with Gasteiger partial charge in [-0.3, -0.25) is 0 Å². The zero-order valence-electron chi connectivity index (χ0n) is 7.23. The lowest BCUT2D eigenvalue weighted by atomic mass is 10.1. The number of hydrogen-bond donors (Lipinski definition) is 0. The van der Waals surface area contributed by atoms with Crippen LogP contribution in [-0.4, -0.2) is 15.7 Å². The van der Waals surface area contributed by atoms with Crippen molar-refractivity contribution in [3.8, 4) is 0 Å². The van der Waals surface area contributed by atoms with Gasteiger partial charge in [0.15, 0.2) is 0 Å². The summed E-state index contributed by atoms with van der Waals surface area (Å²) in [6.07, 6.45) is 5.37. The fourth-order valence-corrected chi connectivity index (χ4v) is 0.661. The smallest absolute Gasteiger partial charge is 0.335 e. The van der Waals surface area contributed by atoms with Crippen molar-refractivity contribution in [2.75, 3.05) is 0 Å². The maximum absolute atomic E-state index is 11.2. The van der Waals surface area contributed by atoms with Crippen LogP contribution in [0.2, 0.25) is 0 Å². The molecule has 0 amide bonds. The third-order valence-electron chi connectivity index (χ3n) is 1.69. The minimum Gasteiger partial charge on any atom is -0.335 e. The Kier molecular flexibility index (Phi) is 2.85. The largest absolute Gasteiger partial charge is 0.335 e. The molecule has 0 N–H and O–H groups in total.